The number of hydrazine groups is 1. The number of carbonyl (C=O) groups excluding carboxylic acids is 1. The number of hydrogen-bond acceptors (Lipinski definition) is 5. The summed E-state index contributed by atoms with van der Waals surface area (Å²) in [5.74, 6) is 1.95. The largest absolute Gasteiger partial charge is 0.497 e. The smallest absolute Gasteiger partial charge is 0.272 e. The number of rotatable bonds is 3. The SMILES string of the molecule is COc1ccnc(C(=O)N2CCC(C3NNCC3C)CC2)c1. The van der Waals surface area contributed by atoms with E-state index >= 15 is 0 Å². The number of methoxy groups -OCH3 is 1. The minimum Gasteiger partial charge on any atom is -0.497 e. The molecule has 2 saturated heterocycles. The average Bonchev–Trinajstić information content (AvgIpc) is 3.00. The fourth-order valence-corrected chi connectivity index (χ4v) is 3.47. The van der Waals surface area contributed by atoms with Crippen LogP contribution < -0.4 is 15.6 Å². The van der Waals surface area contributed by atoms with Gasteiger partial charge in [0.05, 0.1) is 7.11 Å². The maximum Gasteiger partial charge on any atom is 0.272 e. The molecule has 2 atom stereocenters. The molecule has 1 amide bonds. The van der Waals surface area contributed by atoms with E-state index in [9.17, 15) is 4.79 Å². The third-order valence-electron chi connectivity index (χ3n) is 4.83. The molecule has 2 aliphatic heterocycles. The first-order chi connectivity index (χ1) is 10.7. The highest BCUT2D eigenvalue weighted by Crippen LogP contribution is 2.27. The number of likely N-dealkylation sites (tertiary alicyclic amines) is 1. The number of pyridine rings is 1. The van der Waals surface area contributed by atoms with Crippen LogP contribution in [-0.2, 0) is 0 Å². The van der Waals surface area contributed by atoms with Crippen LogP contribution in [0.4, 0.5) is 0 Å². The molecular weight excluding hydrogens is 280 g/mol. The molecule has 2 N–H and O–H groups in total. The molecule has 3 heterocycles. The van der Waals surface area contributed by atoms with E-state index in [0.29, 0.717) is 29.3 Å². The highest BCUT2D eigenvalue weighted by molar-refractivity contribution is 5.92. The van der Waals surface area contributed by atoms with Gasteiger partial charge in [0.1, 0.15) is 11.4 Å². The third-order valence-corrected chi connectivity index (χ3v) is 4.83. The van der Waals surface area contributed by atoms with Crippen molar-refractivity contribution in [2.75, 3.05) is 26.7 Å². The number of ether oxygens (including phenoxy) is 1. The number of amides is 1. The highest BCUT2D eigenvalue weighted by Gasteiger charge is 2.34. The van der Waals surface area contributed by atoms with Gasteiger partial charge in [0, 0.05) is 37.9 Å². The van der Waals surface area contributed by atoms with Gasteiger partial charge < -0.3 is 9.64 Å². The molecule has 2 aliphatic rings. The van der Waals surface area contributed by atoms with Gasteiger partial charge in [-0.25, -0.2) is 0 Å². The maximum absolute atomic E-state index is 12.5. The first-order valence-corrected chi connectivity index (χ1v) is 7.96. The number of carbonyl (C=O) groups is 1. The summed E-state index contributed by atoms with van der Waals surface area (Å²) < 4.78 is 5.16. The fraction of sp³-hybridized carbons (Fsp3) is 0.625. The van der Waals surface area contributed by atoms with Crippen molar-refractivity contribution in [3.8, 4) is 5.75 Å². The quantitative estimate of drug-likeness (QED) is 0.874. The lowest BCUT2D eigenvalue weighted by molar-refractivity contribution is 0.0659. The number of nitrogens with one attached hydrogen (secondary N) is 2. The minimum absolute atomic E-state index is 0.00269. The summed E-state index contributed by atoms with van der Waals surface area (Å²) in [6.45, 7) is 4.90. The number of piperidine rings is 1. The molecule has 6 heteroatoms. The van der Waals surface area contributed by atoms with Crippen LogP contribution in [0.2, 0.25) is 0 Å². The van der Waals surface area contributed by atoms with Crippen LogP contribution in [-0.4, -0.2) is 48.6 Å². The van der Waals surface area contributed by atoms with Crippen LogP contribution in [0, 0.1) is 11.8 Å². The lowest BCUT2D eigenvalue weighted by atomic mass is 9.84. The van der Waals surface area contributed by atoms with Crippen molar-refractivity contribution in [1.82, 2.24) is 20.7 Å². The minimum atomic E-state index is 0.00269. The number of hydrogen-bond donors (Lipinski definition) is 2. The molecule has 1 aromatic heterocycles. The molecule has 120 valence electrons. The molecule has 22 heavy (non-hydrogen) atoms. The number of aromatic nitrogens is 1. The zero-order chi connectivity index (χ0) is 15.5. The van der Waals surface area contributed by atoms with E-state index < -0.39 is 0 Å². The number of nitrogens with zero attached hydrogens (tertiary/aromatic N) is 2. The Kier molecular flexibility index (Phi) is 4.59. The van der Waals surface area contributed by atoms with E-state index in [1.54, 1.807) is 25.4 Å². The van der Waals surface area contributed by atoms with Crippen molar-refractivity contribution in [2.24, 2.45) is 11.8 Å². The summed E-state index contributed by atoms with van der Waals surface area (Å²) in [6, 6.07) is 3.98. The highest BCUT2D eigenvalue weighted by atomic mass is 16.5. The van der Waals surface area contributed by atoms with Gasteiger partial charge in [0.15, 0.2) is 0 Å². The molecule has 6 nitrogen and oxygen atoms in total. The lowest BCUT2D eigenvalue weighted by Crippen LogP contribution is -2.46. The molecule has 0 aliphatic carbocycles. The van der Waals surface area contributed by atoms with Gasteiger partial charge in [-0.1, -0.05) is 6.92 Å². The van der Waals surface area contributed by atoms with Gasteiger partial charge in [-0.15, -0.1) is 0 Å². The van der Waals surface area contributed by atoms with Crippen molar-refractivity contribution in [3.63, 3.8) is 0 Å². The summed E-state index contributed by atoms with van der Waals surface area (Å²) in [4.78, 5) is 18.6. The Hall–Kier alpha value is -1.66. The van der Waals surface area contributed by atoms with E-state index in [1.165, 1.54) is 0 Å². The normalized spacial score (nSPS) is 26.2. The van der Waals surface area contributed by atoms with Crippen LogP contribution in [0.3, 0.4) is 0 Å². The third kappa shape index (κ3) is 3.08. The predicted molar refractivity (Wildman–Crippen MR) is 83.5 cm³/mol. The van der Waals surface area contributed by atoms with E-state index in [4.69, 9.17) is 4.74 Å². The van der Waals surface area contributed by atoms with Gasteiger partial charge in [0.2, 0.25) is 0 Å². The van der Waals surface area contributed by atoms with Crippen LogP contribution in [0.25, 0.3) is 0 Å². The molecule has 2 unspecified atom stereocenters. The molecule has 0 bridgehead atoms. The fourth-order valence-electron chi connectivity index (χ4n) is 3.47. The van der Waals surface area contributed by atoms with Crippen LogP contribution >= 0.6 is 0 Å². The Morgan fingerprint density at radius 1 is 1.41 bits per heavy atom. The standard InChI is InChI=1S/C16H24N4O2/c1-11-10-18-19-15(11)12-4-7-20(8-5-12)16(21)14-9-13(22-2)3-6-17-14/h3,6,9,11-12,15,18-19H,4-5,7-8,10H2,1-2H3. The maximum atomic E-state index is 12.5. The van der Waals surface area contributed by atoms with E-state index in [1.807, 2.05) is 4.90 Å². The Morgan fingerprint density at radius 2 is 2.18 bits per heavy atom. The zero-order valence-corrected chi connectivity index (χ0v) is 13.2. The van der Waals surface area contributed by atoms with Gasteiger partial charge in [-0.3, -0.25) is 20.6 Å². The summed E-state index contributed by atoms with van der Waals surface area (Å²) in [5, 5.41) is 0. The van der Waals surface area contributed by atoms with Crippen LogP contribution in [0.1, 0.15) is 30.3 Å². The second kappa shape index (κ2) is 6.62. The Balaban J connectivity index is 1.59. The van der Waals surface area contributed by atoms with E-state index in [2.05, 4.69) is 22.8 Å². The summed E-state index contributed by atoms with van der Waals surface area (Å²) in [6.07, 6.45) is 3.70. The molecule has 1 aromatic rings. The Labute approximate surface area is 131 Å². The van der Waals surface area contributed by atoms with Crippen molar-refractivity contribution in [2.45, 2.75) is 25.8 Å². The van der Waals surface area contributed by atoms with Crippen LogP contribution in [0.15, 0.2) is 18.3 Å². The molecule has 0 spiro atoms. The first kappa shape index (κ1) is 15.2. The summed E-state index contributed by atoms with van der Waals surface area (Å²) >= 11 is 0. The van der Waals surface area contributed by atoms with Crippen molar-refractivity contribution in [1.29, 1.82) is 0 Å². The predicted octanol–water partition coefficient (Wildman–Crippen LogP) is 1.05. The molecular formula is C16H24N4O2. The second-order valence-corrected chi connectivity index (χ2v) is 6.24. The molecule has 2 fully saturated rings. The van der Waals surface area contributed by atoms with Crippen LogP contribution in [0.5, 0.6) is 5.75 Å². The molecule has 0 radical (unpaired) electrons. The molecule has 0 saturated carbocycles. The zero-order valence-electron chi connectivity index (χ0n) is 13.2. The monoisotopic (exact) mass is 304 g/mol. The topological polar surface area (TPSA) is 66.5 Å². The van der Waals surface area contributed by atoms with Crippen molar-refractivity contribution < 1.29 is 9.53 Å². The Morgan fingerprint density at radius 3 is 2.82 bits per heavy atom. The first-order valence-electron chi connectivity index (χ1n) is 7.96. The van der Waals surface area contributed by atoms with Gasteiger partial charge in [-0.05, 0) is 30.7 Å². The van der Waals surface area contributed by atoms with Crippen molar-refractivity contribution in [3.05, 3.63) is 24.0 Å². The molecule has 3 rings (SSSR count). The summed E-state index contributed by atoms with van der Waals surface area (Å²) in [7, 11) is 1.60. The molecule has 0 aromatic carbocycles. The van der Waals surface area contributed by atoms with Crippen molar-refractivity contribution >= 4 is 5.91 Å². The second-order valence-electron chi connectivity index (χ2n) is 6.24. The Bertz CT molecular complexity index is 529. The van der Waals surface area contributed by atoms with Gasteiger partial charge in [0.25, 0.3) is 5.91 Å². The van der Waals surface area contributed by atoms with E-state index in [0.717, 1.165) is 32.5 Å². The average molecular weight is 304 g/mol. The van der Waals surface area contributed by atoms with Gasteiger partial charge in [-0.2, -0.15) is 0 Å². The summed E-state index contributed by atoms with van der Waals surface area (Å²) in [5.41, 5.74) is 7.09. The lowest BCUT2D eigenvalue weighted by Gasteiger charge is -2.35. The van der Waals surface area contributed by atoms with E-state index in [-0.39, 0.29) is 5.91 Å². The van der Waals surface area contributed by atoms with Gasteiger partial charge >= 0.3 is 0 Å².